The van der Waals surface area contributed by atoms with Crippen molar-refractivity contribution >= 4 is 41.0 Å². The minimum Gasteiger partial charge on any atom is -0.456 e. The molecular weight excluding hydrogens is 396 g/mol. The van der Waals surface area contributed by atoms with Gasteiger partial charge in [-0.25, -0.2) is 4.79 Å². The van der Waals surface area contributed by atoms with E-state index in [0.29, 0.717) is 16.3 Å². The average molecular weight is 417 g/mol. The molecule has 0 aliphatic heterocycles. The summed E-state index contributed by atoms with van der Waals surface area (Å²) in [5.41, 5.74) is 2.89. The van der Waals surface area contributed by atoms with E-state index < -0.39 is 24.5 Å². The van der Waals surface area contributed by atoms with E-state index in [1.54, 1.807) is 36.4 Å². The number of ketones is 1. The molecule has 8 heteroatoms. The highest BCUT2D eigenvalue weighted by atomic mass is 35.5. The summed E-state index contributed by atoms with van der Waals surface area (Å²) in [6, 6.07) is 11.0. The first kappa shape index (κ1) is 22.1. The molecule has 29 heavy (non-hydrogen) atoms. The van der Waals surface area contributed by atoms with Gasteiger partial charge in [0.1, 0.15) is 0 Å². The molecule has 0 aromatic heterocycles. The van der Waals surface area contributed by atoms with Crippen LogP contribution in [0.15, 0.2) is 42.5 Å². The molecule has 0 heterocycles. The van der Waals surface area contributed by atoms with Gasteiger partial charge in [-0.2, -0.15) is 0 Å². The normalized spacial score (nSPS) is 10.2. The van der Waals surface area contributed by atoms with Gasteiger partial charge in [-0.1, -0.05) is 23.7 Å². The Labute approximate surface area is 173 Å². The molecular formula is C21H21ClN2O5. The first-order valence-electron chi connectivity index (χ1n) is 8.87. The number of aryl methyl sites for hydroxylation is 1. The fourth-order valence-electron chi connectivity index (χ4n) is 2.42. The van der Waals surface area contributed by atoms with Gasteiger partial charge in [0, 0.05) is 22.7 Å². The minimum atomic E-state index is -0.773. The van der Waals surface area contributed by atoms with E-state index in [2.05, 4.69) is 10.6 Å². The summed E-state index contributed by atoms with van der Waals surface area (Å²) in [6.45, 7) is 3.13. The molecule has 2 N–H and O–H groups in total. The molecule has 0 unspecified atom stereocenters. The zero-order valence-corrected chi connectivity index (χ0v) is 16.8. The Morgan fingerprint density at radius 2 is 1.66 bits per heavy atom. The third-order valence-corrected chi connectivity index (χ3v) is 4.44. The third kappa shape index (κ3) is 7.04. The Morgan fingerprint density at radius 1 is 0.966 bits per heavy atom. The number of carbonyl (C=O) groups excluding carboxylic acids is 4. The summed E-state index contributed by atoms with van der Waals surface area (Å²) in [6.07, 6.45) is -0.237. The van der Waals surface area contributed by atoms with E-state index in [1.165, 1.54) is 0 Å². The summed E-state index contributed by atoms with van der Waals surface area (Å²) in [5, 5.41) is 5.16. The van der Waals surface area contributed by atoms with Crippen LogP contribution in [0.2, 0.25) is 5.02 Å². The molecule has 0 aliphatic carbocycles. The first-order chi connectivity index (χ1) is 13.8. The lowest BCUT2D eigenvalue weighted by Gasteiger charge is -2.11. The number of hydrogen-bond donors (Lipinski definition) is 2. The highest BCUT2D eigenvalue weighted by molar-refractivity contribution is 6.30. The second kappa shape index (κ2) is 10.4. The number of imide groups is 1. The molecule has 0 saturated heterocycles. The Balaban J connectivity index is 1.71. The van der Waals surface area contributed by atoms with Crippen LogP contribution in [0.3, 0.4) is 0 Å². The molecule has 152 valence electrons. The maximum absolute atomic E-state index is 12.0. The van der Waals surface area contributed by atoms with Gasteiger partial charge in [0.25, 0.3) is 5.91 Å². The van der Waals surface area contributed by atoms with Gasteiger partial charge in [0.05, 0.1) is 6.42 Å². The molecule has 0 radical (unpaired) electrons. The molecule has 2 aromatic rings. The molecule has 0 saturated carbocycles. The number of urea groups is 1. The second-order valence-corrected chi connectivity index (χ2v) is 6.78. The summed E-state index contributed by atoms with van der Waals surface area (Å²) < 4.78 is 4.80. The fraction of sp³-hybridized carbons (Fsp3) is 0.238. The lowest BCUT2D eigenvalue weighted by atomic mass is 10.1. The molecule has 2 aromatic carbocycles. The van der Waals surface area contributed by atoms with Gasteiger partial charge >= 0.3 is 12.0 Å². The van der Waals surface area contributed by atoms with Crippen molar-refractivity contribution in [3.05, 3.63) is 64.2 Å². The number of carbonyl (C=O) groups is 4. The zero-order chi connectivity index (χ0) is 21.4. The SMILES string of the molecule is Cc1cccc(NC(=O)NC(=O)COC(=O)CCC(=O)c2ccc(Cl)cc2)c1C. The quantitative estimate of drug-likeness (QED) is 0.527. The lowest BCUT2D eigenvalue weighted by molar-refractivity contribution is -0.148. The number of Topliss-reactive ketones (excluding diaryl/α,β-unsaturated/α-hetero) is 1. The number of halogens is 1. The van der Waals surface area contributed by atoms with Gasteiger partial charge in [-0.15, -0.1) is 0 Å². The van der Waals surface area contributed by atoms with Crippen LogP contribution in [0.5, 0.6) is 0 Å². The highest BCUT2D eigenvalue weighted by Crippen LogP contribution is 2.17. The Bertz CT molecular complexity index is 925. The van der Waals surface area contributed by atoms with Crippen molar-refractivity contribution in [3.8, 4) is 0 Å². The molecule has 0 atom stereocenters. The zero-order valence-electron chi connectivity index (χ0n) is 16.1. The Morgan fingerprint density at radius 3 is 2.34 bits per heavy atom. The number of nitrogens with one attached hydrogen (secondary N) is 2. The molecule has 0 bridgehead atoms. The van der Waals surface area contributed by atoms with Crippen LogP contribution in [-0.2, 0) is 14.3 Å². The van der Waals surface area contributed by atoms with E-state index in [-0.39, 0.29) is 18.6 Å². The van der Waals surface area contributed by atoms with Crippen LogP contribution in [0.4, 0.5) is 10.5 Å². The maximum atomic E-state index is 12.0. The van der Waals surface area contributed by atoms with Crippen LogP contribution in [0.25, 0.3) is 0 Å². The fourth-order valence-corrected chi connectivity index (χ4v) is 2.54. The van der Waals surface area contributed by atoms with Gasteiger partial charge < -0.3 is 10.1 Å². The number of rotatable bonds is 7. The summed E-state index contributed by atoms with van der Waals surface area (Å²) in [7, 11) is 0. The monoisotopic (exact) mass is 416 g/mol. The number of hydrogen-bond acceptors (Lipinski definition) is 5. The van der Waals surface area contributed by atoms with Gasteiger partial charge in [0.2, 0.25) is 0 Å². The number of anilines is 1. The summed E-state index contributed by atoms with van der Waals surface area (Å²) in [4.78, 5) is 47.4. The van der Waals surface area contributed by atoms with Crippen molar-refractivity contribution in [1.82, 2.24) is 5.32 Å². The van der Waals surface area contributed by atoms with Crippen molar-refractivity contribution in [2.24, 2.45) is 0 Å². The van der Waals surface area contributed by atoms with E-state index in [1.807, 2.05) is 19.9 Å². The van der Waals surface area contributed by atoms with Crippen LogP contribution in [0, 0.1) is 13.8 Å². The lowest BCUT2D eigenvalue weighted by Crippen LogP contribution is -2.37. The topological polar surface area (TPSA) is 102 Å². The third-order valence-electron chi connectivity index (χ3n) is 4.19. The highest BCUT2D eigenvalue weighted by Gasteiger charge is 2.14. The molecule has 0 aliphatic rings. The van der Waals surface area contributed by atoms with E-state index in [0.717, 1.165) is 11.1 Å². The molecule has 0 fully saturated rings. The number of benzene rings is 2. The van der Waals surface area contributed by atoms with E-state index in [4.69, 9.17) is 16.3 Å². The predicted octanol–water partition coefficient (Wildman–Crippen LogP) is 3.81. The largest absolute Gasteiger partial charge is 0.456 e. The van der Waals surface area contributed by atoms with Crippen molar-refractivity contribution in [2.75, 3.05) is 11.9 Å². The second-order valence-electron chi connectivity index (χ2n) is 6.34. The number of esters is 1. The molecule has 3 amide bonds. The van der Waals surface area contributed by atoms with Crippen molar-refractivity contribution < 1.29 is 23.9 Å². The minimum absolute atomic E-state index is 0.0603. The van der Waals surface area contributed by atoms with Gasteiger partial charge in [0.15, 0.2) is 12.4 Å². The van der Waals surface area contributed by atoms with Crippen LogP contribution >= 0.6 is 11.6 Å². The average Bonchev–Trinajstić information content (AvgIpc) is 2.68. The summed E-state index contributed by atoms with van der Waals surface area (Å²) >= 11 is 5.76. The van der Waals surface area contributed by atoms with Crippen molar-refractivity contribution in [2.45, 2.75) is 26.7 Å². The maximum Gasteiger partial charge on any atom is 0.325 e. The Hall–Kier alpha value is -3.19. The number of amides is 3. The molecule has 7 nitrogen and oxygen atoms in total. The van der Waals surface area contributed by atoms with Gasteiger partial charge in [-0.3, -0.25) is 19.7 Å². The molecule has 0 spiro atoms. The van der Waals surface area contributed by atoms with Crippen LogP contribution in [-0.4, -0.2) is 30.3 Å². The van der Waals surface area contributed by atoms with Crippen molar-refractivity contribution in [3.63, 3.8) is 0 Å². The standard InChI is InChI=1S/C21H21ClN2O5/c1-13-4-3-5-17(14(13)2)23-21(28)24-19(26)12-29-20(27)11-10-18(25)15-6-8-16(22)9-7-15/h3-9H,10-12H2,1-2H3,(H2,23,24,26,28). The predicted molar refractivity (Wildman–Crippen MR) is 109 cm³/mol. The number of ether oxygens (including phenoxy) is 1. The Kier molecular flexibility index (Phi) is 7.91. The van der Waals surface area contributed by atoms with Crippen LogP contribution < -0.4 is 10.6 Å². The van der Waals surface area contributed by atoms with Crippen LogP contribution in [0.1, 0.15) is 34.3 Å². The smallest absolute Gasteiger partial charge is 0.325 e. The van der Waals surface area contributed by atoms with Gasteiger partial charge in [-0.05, 0) is 55.3 Å². The molecule has 2 rings (SSSR count). The van der Waals surface area contributed by atoms with E-state index in [9.17, 15) is 19.2 Å². The van der Waals surface area contributed by atoms with Crippen molar-refractivity contribution in [1.29, 1.82) is 0 Å². The first-order valence-corrected chi connectivity index (χ1v) is 9.25. The summed E-state index contributed by atoms with van der Waals surface area (Å²) in [5.74, 6) is -1.72. The van der Waals surface area contributed by atoms with E-state index >= 15 is 0 Å².